The number of nitrogen functional groups attached to an aromatic ring is 1. The van der Waals surface area contributed by atoms with Crippen LogP contribution in [0.1, 0.15) is 6.92 Å². The zero-order valence-corrected chi connectivity index (χ0v) is 20.4. The summed E-state index contributed by atoms with van der Waals surface area (Å²) >= 11 is 0. The number of anilines is 1. The molecular weight excluding hydrogens is 464 g/mol. The van der Waals surface area contributed by atoms with Crippen LogP contribution in [-0.4, -0.2) is 25.4 Å². The van der Waals surface area contributed by atoms with Crippen molar-refractivity contribution in [2.75, 3.05) is 12.3 Å². The highest BCUT2D eigenvalue weighted by molar-refractivity contribution is 5.72. The Kier molecular flexibility index (Phi) is 7.98. The molecule has 0 spiro atoms. The minimum atomic E-state index is -0.389. The molecule has 0 fully saturated rings. The van der Waals surface area contributed by atoms with E-state index in [-0.39, 0.29) is 17.2 Å². The third kappa shape index (κ3) is 6.22. The standard InChI is InChI=1S/C14H10N2O2.C14H12N2.C2H6O/c17-16(18)13-6-4-11(5-7-13)12-9-14-3-1-2-8-15(14)10-12;15-13-6-4-11(5-7-13)12-9-14-3-1-2-8-16(14)10-12;1-2-3/h1-10H;1-10H,15H2;3H,2H2,1H3. The number of aromatic nitrogens is 2. The molecule has 0 bridgehead atoms. The van der Waals surface area contributed by atoms with Gasteiger partial charge in [-0.2, -0.15) is 0 Å². The first kappa shape index (κ1) is 25.2. The second kappa shape index (κ2) is 11.7. The predicted molar refractivity (Wildman–Crippen MR) is 149 cm³/mol. The van der Waals surface area contributed by atoms with Crippen molar-refractivity contribution in [3.8, 4) is 22.3 Å². The molecule has 4 heterocycles. The van der Waals surface area contributed by atoms with Crippen molar-refractivity contribution in [2.24, 2.45) is 0 Å². The third-order valence-corrected chi connectivity index (χ3v) is 5.66. The number of hydrogen-bond donors (Lipinski definition) is 2. The summed E-state index contributed by atoms with van der Waals surface area (Å²) in [4.78, 5) is 10.2. The van der Waals surface area contributed by atoms with Gasteiger partial charge in [0, 0.05) is 71.4 Å². The lowest BCUT2D eigenvalue weighted by atomic mass is 10.1. The summed E-state index contributed by atoms with van der Waals surface area (Å²) in [6.45, 7) is 1.93. The average molecular weight is 493 g/mol. The fourth-order valence-corrected chi connectivity index (χ4v) is 3.88. The van der Waals surface area contributed by atoms with Crippen LogP contribution in [0.15, 0.2) is 122 Å². The van der Waals surface area contributed by atoms with Gasteiger partial charge >= 0.3 is 0 Å². The van der Waals surface area contributed by atoms with Crippen molar-refractivity contribution < 1.29 is 10.0 Å². The first-order chi connectivity index (χ1) is 18.0. The molecule has 0 atom stereocenters. The van der Waals surface area contributed by atoms with Crippen LogP contribution in [0.25, 0.3) is 33.3 Å². The average Bonchev–Trinajstić information content (AvgIpc) is 3.55. The number of aliphatic hydroxyl groups excluding tert-OH is 1. The topological polar surface area (TPSA) is 98.2 Å². The maximum Gasteiger partial charge on any atom is 0.269 e. The minimum absolute atomic E-state index is 0.113. The summed E-state index contributed by atoms with van der Waals surface area (Å²) in [6, 6.07) is 30.9. The van der Waals surface area contributed by atoms with Gasteiger partial charge in [0.25, 0.3) is 5.69 Å². The van der Waals surface area contributed by atoms with Crippen molar-refractivity contribution in [1.82, 2.24) is 8.80 Å². The molecule has 2 aromatic carbocycles. The fourth-order valence-electron chi connectivity index (χ4n) is 3.88. The van der Waals surface area contributed by atoms with Gasteiger partial charge in [0.2, 0.25) is 0 Å². The quantitative estimate of drug-likeness (QED) is 0.163. The molecule has 0 aliphatic rings. The monoisotopic (exact) mass is 492 g/mol. The van der Waals surface area contributed by atoms with Crippen LogP contribution in [-0.2, 0) is 0 Å². The summed E-state index contributed by atoms with van der Waals surface area (Å²) in [5.74, 6) is 0. The molecule has 0 saturated carbocycles. The number of non-ortho nitro benzene ring substituents is 1. The fraction of sp³-hybridized carbons (Fsp3) is 0.0667. The van der Waals surface area contributed by atoms with E-state index in [9.17, 15) is 10.1 Å². The van der Waals surface area contributed by atoms with Crippen LogP contribution in [0.5, 0.6) is 0 Å². The summed E-state index contributed by atoms with van der Waals surface area (Å²) < 4.78 is 4.14. The maximum absolute atomic E-state index is 10.6. The number of nitro benzene ring substituents is 1. The maximum atomic E-state index is 10.6. The number of rotatable bonds is 3. The number of benzene rings is 2. The number of hydrogen-bond acceptors (Lipinski definition) is 4. The van der Waals surface area contributed by atoms with Crippen molar-refractivity contribution in [3.05, 3.63) is 132 Å². The molecular formula is C30H28N4O3. The lowest BCUT2D eigenvalue weighted by Crippen LogP contribution is -1.86. The Balaban J connectivity index is 0.000000157. The number of fused-ring (bicyclic) bond motifs is 2. The Hall–Kier alpha value is -4.88. The largest absolute Gasteiger partial charge is 0.399 e. The van der Waals surface area contributed by atoms with Crippen LogP contribution < -0.4 is 5.73 Å². The minimum Gasteiger partial charge on any atom is -0.399 e. The highest BCUT2D eigenvalue weighted by atomic mass is 16.6. The van der Waals surface area contributed by atoms with Crippen LogP contribution in [0.2, 0.25) is 0 Å². The summed E-state index contributed by atoms with van der Waals surface area (Å²) in [5.41, 5.74) is 13.3. The number of pyridine rings is 2. The second-order valence-corrected chi connectivity index (χ2v) is 8.27. The third-order valence-electron chi connectivity index (χ3n) is 5.66. The van der Waals surface area contributed by atoms with Crippen LogP contribution in [0.3, 0.4) is 0 Å². The van der Waals surface area contributed by atoms with Gasteiger partial charge in [-0.3, -0.25) is 10.1 Å². The van der Waals surface area contributed by atoms with E-state index in [0.29, 0.717) is 0 Å². The first-order valence-corrected chi connectivity index (χ1v) is 11.8. The summed E-state index contributed by atoms with van der Waals surface area (Å²) in [7, 11) is 0. The lowest BCUT2D eigenvalue weighted by Gasteiger charge is -1.97. The van der Waals surface area contributed by atoms with Gasteiger partial charge in [-0.25, -0.2) is 0 Å². The molecule has 37 heavy (non-hydrogen) atoms. The van der Waals surface area contributed by atoms with Gasteiger partial charge in [-0.05, 0) is 78.7 Å². The van der Waals surface area contributed by atoms with E-state index in [2.05, 4.69) is 35.0 Å². The van der Waals surface area contributed by atoms with E-state index >= 15 is 0 Å². The molecule has 7 nitrogen and oxygen atoms in total. The SMILES string of the molecule is CCO.Nc1ccc(-c2cc3ccccn3c2)cc1.O=[N+]([O-])c1ccc(-c2cc3ccccn3c2)cc1. The van der Waals surface area contributed by atoms with Crippen molar-refractivity contribution in [1.29, 1.82) is 0 Å². The molecule has 4 aromatic heterocycles. The van der Waals surface area contributed by atoms with E-state index in [4.69, 9.17) is 10.8 Å². The van der Waals surface area contributed by atoms with Gasteiger partial charge in [-0.15, -0.1) is 0 Å². The van der Waals surface area contributed by atoms with Crippen molar-refractivity contribution in [3.63, 3.8) is 0 Å². The van der Waals surface area contributed by atoms with Gasteiger partial charge < -0.3 is 19.6 Å². The van der Waals surface area contributed by atoms with E-state index < -0.39 is 0 Å². The predicted octanol–water partition coefficient (Wildman–Crippen LogP) is 6.70. The normalized spacial score (nSPS) is 10.3. The van der Waals surface area contributed by atoms with Crippen LogP contribution in [0, 0.1) is 10.1 Å². The Morgan fingerprint density at radius 2 is 1.16 bits per heavy atom. The highest BCUT2D eigenvalue weighted by Gasteiger charge is 2.06. The van der Waals surface area contributed by atoms with Gasteiger partial charge in [-0.1, -0.05) is 24.3 Å². The van der Waals surface area contributed by atoms with Crippen LogP contribution >= 0.6 is 0 Å². The number of aliphatic hydroxyl groups is 1. The van der Waals surface area contributed by atoms with Gasteiger partial charge in [0.05, 0.1) is 4.92 Å². The molecule has 186 valence electrons. The van der Waals surface area contributed by atoms with Crippen LogP contribution in [0.4, 0.5) is 11.4 Å². The Labute approximate surface area is 214 Å². The van der Waals surface area contributed by atoms with Gasteiger partial charge in [0.1, 0.15) is 0 Å². The number of nitrogens with two attached hydrogens (primary N) is 1. The highest BCUT2D eigenvalue weighted by Crippen LogP contribution is 2.25. The molecule has 6 aromatic rings. The van der Waals surface area contributed by atoms with E-state index in [1.807, 2.05) is 71.4 Å². The number of nitro groups is 1. The van der Waals surface area contributed by atoms with E-state index in [0.717, 1.165) is 22.3 Å². The van der Waals surface area contributed by atoms with Crippen molar-refractivity contribution in [2.45, 2.75) is 6.92 Å². The molecule has 0 saturated heterocycles. The summed E-state index contributed by atoms with van der Waals surface area (Å²) in [6.07, 6.45) is 8.16. The molecule has 3 N–H and O–H groups in total. The molecule has 6 rings (SSSR count). The zero-order chi connectivity index (χ0) is 26.2. The Morgan fingerprint density at radius 1 is 0.730 bits per heavy atom. The molecule has 0 aliphatic heterocycles. The molecule has 0 aliphatic carbocycles. The molecule has 0 amide bonds. The molecule has 0 radical (unpaired) electrons. The van der Waals surface area contributed by atoms with E-state index in [1.165, 1.54) is 28.8 Å². The number of nitrogens with zero attached hydrogens (tertiary/aromatic N) is 3. The van der Waals surface area contributed by atoms with Crippen molar-refractivity contribution >= 4 is 22.4 Å². The zero-order valence-electron chi connectivity index (χ0n) is 20.4. The molecule has 7 heteroatoms. The van der Waals surface area contributed by atoms with Gasteiger partial charge in [0.15, 0.2) is 0 Å². The molecule has 0 unspecified atom stereocenters. The summed E-state index contributed by atoms with van der Waals surface area (Å²) in [5, 5.41) is 18.2. The van der Waals surface area contributed by atoms with E-state index in [1.54, 1.807) is 19.1 Å². The second-order valence-electron chi connectivity index (χ2n) is 8.27. The lowest BCUT2D eigenvalue weighted by molar-refractivity contribution is -0.384. The Bertz CT molecular complexity index is 1530. The smallest absolute Gasteiger partial charge is 0.269 e. The first-order valence-electron chi connectivity index (χ1n) is 11.8. The Morgan fingerprint density at radius 3 is 1.57 bits per heavy atom.